The van der Waals surface area contributed by atoms with Crippen molar-refractivity contribution in [1.29, 1.82) is 0 Å². The van der Waals surface area contributed by atoms with Crippen LogP contribution in [0.25, 0.3) is 0 Å². The summed E-state index contributed by atoms with van der Waals surface area (Å²) in [6.07, 6.45) is -0.733. The quantitative estimate of drug-likeness (QED) is 0.887. The second-order valence-corrected chi connectivity index (χ2v) is 4.84. The van der Waals surface area contributed by atoms with Crippen LogP contribution in [0.3, 0.4) is 0 Å². The van der Waals surface area contributed by atoms with Gasteiger partial charge < -0.3 is 15.2 Å². The van der Waals surface area contributed by atoms with Gasteiger partial charge in [-0.1, -0.05) is 42.0 Å². The highest BCUT2D eigenvalue weighted by molar-refractivity contribution is 5.96. The largest absolute Gasteiger partial charge is 0.496 e. The smallest absolute Gasteiger partial charge is 0.255 e. The molecule has 0 spiro atoms. The molecule has 0 heterocycles. The van der Waals surface area contributed by atoms with Crippen molar-refractivity contribution in [3.8, 4) is 5.75 Å². The zero-order valence-corrected chi connectivity index (χ0v) is 12.2. The first kappa shape index (κ1) is 15.1. The van der Waals surface area contributed by atoms with Gasteiger partial charge in [0.15, 0.2) is 0 Å². The molecule has 0 aromatic heterocycles. The third-order valence-corrected chi connectivity index (χ3v) is 3.23. The number of amides is 1. The Labute approximate surface area is 124 Å². The lowest BCUT2D eigenvalue weighted by Crippen LogP contribution is -2.28. The van der Waals surface area contributed by atoms with E-state index in [0.717, 1.165) is 11.1 Å². The molecule has 1 amide bonds. The average Bonchev–Trinajstić information content (AvgIpc) is 2.52. The summed E-state index contributed by atoms with van der Waals surface area (Å²) in [5.74, 6) is 0.249. The molecular formula is C17H19NO3. The summed E-state index contributed by atoms with van der Waals surface area (Å²) in [5, 5.41) is 12.8. The van der Waals surface area contributed by atoms with Gasteiger partial charge in [-0.05, 0) is 24.6 Å². The summed E-state index contributed by atoms with van der Waals surface area (Å²) in [4.78, 5) is 12.1. The predicted octanol–water partition coefficient (Wildman–Crippen LogP) is 2.47. The van der Waals surface area contributed by atoms with Gasteiger partial charge in [-0.15, -0.1) is 0 Å². The molecule has 0 bridgehead atoms. The summed E-state index contributed by atoms with van der Waals surface area (Å²) in [6, 6.07) is 14.6. The van der Waals surface area contributed by atoms with Crippen LogP contribution in [0.1, 0.15) is 27.6 Å². The molecule has 0 fully saturated rings. The minimum atomic E-state index is -0.733. The molecule has 0 saturated heterocycles. The van der Waals surface area contributed by atoms with Crippen molar-refractivity contribution in [2.24, 2.45) is 0 Å². The predicted molar refractivity (Wildman–Crippen MR) is 81.5 cm³/mol. The third kappa shape index (κ3) is 3.83. The van der Waals surface area contributed by atoms with Crippen LogP contribution in [0, 0.1) is 6.92 Å². The first-order valence-corrected chi connectivity index (χ1v) is 6.77. The first-order valence-electron chi connectivity index (χ1n) is 6.77. The number of carbonyl (C=O) groups is 1. The van der Waals surface area contributed by atoms with Gasteiger partial charge in [0, 0.05) is 6.54 Å². The molecular weight excluding hydrogens is 266 g/mol. The number of carbonyl (C=O) groups excluding carboxylic acids is 1. The summed E-state index contributed by atoms with van der Waals surface area (Å²) in [5.41, 5.74) is 2.31. The molecule has 2 aromatic rings. The summed E-state index contributed by atoms with van der Waals surface area (Å²) in [7, 11) is 1.52. The highest BCUT2D eigenvalue weighted by Crippen LogP contribution is 2.18. The molecule has 21 heavy (non-hydrogen) atoms. The van der Waals surface area contributed by atoms with Gasteiger partial charge >= 0.3 is 0 Å². The number of hydrogen-bond acceptors (Lipinski definition) is 3. The molecule has 0 saturated carbocycles. The van der Waals surface area contributed by atoms with Crippen LogP contribution < -0.4 is 10.1 Å². The van der Waals surface area contributed by atoms with Crippen LogP contribution in [-0.4, -0.2) is 24.7 Å². The number of aliphatic hydroxyl groups excluding tert-OH is 1. The Hall–Kier alpha value is -2.33. The summed E-state index contributed by atoms with van der Waals surface area (Å²) < 4.78 is 5.15. The maximum absolute atomic E-state index is 12.1. The molecule has 0 aliphatic heterocycles. The van der Waals surface area contributed by atoms with Gasteiger partial charge in [-0.2, -0.15) is 0 Å². The van der Waals surface area contributed by atoms with Crippen LogP contribution in [0.15, 0.2) is 48.5 Å². The lowest BCUT2D eigenvalue weighted by molar-refractivity contribution is 0.0913. The minimum Gasteiger partial charge on any atom is -0.496 e. The number of para-hydroxylation sites is 1. The monoisotopic (exact) mass is 285 g/mol. The van der Waals surface area contributed by atoms with E-state index in [1.165, 1.54) is 7.11 Å². The van der Waals surface area contributed by atoms with Crippen molar-refractivity contribution in [1.82, 2.24) is 5.32 Å². The lowest BCUT2D eigenvalue weighted by atomic mass is 10.1. The van der Waals surface area contributed by atoms with Gasteiger partial charge in [0.05, 0.1) is 18.8 Å². The number of methoxy groups -OCH3 is 1. The minimum absolute atomic E-state index is 0.153. The summed E-state index contributed by atoms with van der Waals surface area (Å²) in [6.45, 7) is 2.12. The van der Waals surface area contributed by atoms with Gasteiger partial charge in [0.2, 0.25) is 0 Å². The van der Waals surface area contributed by atoms with Crippen molar-refractivity contribution < 1.29 is 14.6 Å². The maximum atomic E-state index is 12.1. The lowest BCUT2D eigenvalue weighted by Gasteiger charge is -2.14. The first-order chi connectivity index (χ1) is 10.1. The Kier molecular flexibility index (Phi) is 4.95. The molecule has 2 aromatic carbocycles. The van der Waals surface area contributed by atoms with Crippen LogP contribution in [0.2, 0.25) is 0 Å². The molecule has 1 unspecified atom stereocenters. The Bertz CT molecular complexity index is 625. The van der Waals surface area contributed by atoms with Crippen molar-refractivity contribution in [2.75, 3.05) is 13.7 Å². The molecule has 110 valence electrons. The fourth-order valence-electron chi connectivity index (χ4n) is 2.11. The molecule has 2 N–H and O–H groups in total. The molecule has 4 heteroatoms. The average molecular weight is 285 g/mol. The topological polar surface area (TPSA) is 58.6 Å². The second kappa shape index (κ2) is 6.90. The van der Waals surface area contributed by atoms with Gasteiger partial charge in [-0.25, -0.2) is 0 Å². The van der Waals surface area contributed by atoms with Crippen LogP contribution in [-0.2, 0) is 0 Å². The Morgan fingerprint density at radius 1 is 1.24 bits per heavy atom. The number of aryl methyl sites for hydroxylation is 1. The number of ether oxygens (including phenoxy) is 1. The van der Waals surface area contributed by atoms with Gasteiger partial charge in [0.1, 0.15) is 5.75 Å². The van der Waals surface area contributed by atoms with E-state index in [1.54, 1.807) is 24.3 Å². The van der Waals surface area contributed by atoms with E-state index in [9.17, 15) is 9.90 Å². The zero-order valence-electron chi connectivity index (χ0n) is 12.2. The Balaban J connectivity index is 2.01. The Morgan fingerprint density at radius 2 is 2.00 bits per heavy atom. The fraction of sp³-hybridized carbons (Fsp3) is 0.235. The number of aliphatic hydroxyl groups is 1. The van der Waals surface area contributed by atoms with Crippen LogP contribution in [0.4, 0.5) is 0 Å². The van der Waals surface area contributed by atoms with E-state index in [2.05, 4.69) is 5.32 Å². The molecule has 0 aliphatic rings. The highest BCUT2D eigenvalue weighted by Gasteiger charge is 2.14. The van der Waals surface area contributed by atoms with Crippen molar-refractivity contribution in [2.45, 2.75) is 13.0 Å². The molecule has 1 atom stereocenters. The summed E-state index contributed by atoms with van der Waals surface area (Å²) >= 11 is 0. The highest BCUT2D eigenvalue weighted by atomic mass is 16.5. The SMILES string of the molecule is COc1ccccc1C(=O)NCC(O)c1cccc(C)c1. The third-order valence-electron chi connectivity index (χ3n) is 3.23. The van der Waals surface area contributed by atoms with E-state index >= 15 is 0 Å². The normalized spacial score (nSPS) is 11.8. The van der Waals surface area contributed by atoms with Crippen molar-refractivity contribution in [3.05, 3.63) is 65.2 Å². The number of nitrogens with one attached hydrogen (secondary N) is 1. The number of benzene rings is 2. The molecule has 4 nitrogen and oxygen atoms in total. The van der Waals surface area contributed by atoms with E-state index < -0.39 is 6.10 Å². The van der Waals surface area contributed by atoms with Crippen LogP contribution >= 0.6 is 0 Å². The maximum Gasteiger partial charge on any atom is 0.255 e. The Morgan fingerprint density at radius 3 is 2.71 bits per heavy atom. The zero-order chi connectivity index (χ0) is 15.2. The number of hydrogen-bond donors (Lipinski definition) is 2. The standard InChI is InChI=1S/C17H19NO3/c1-12-6-5-7-13(10-12)15(19)11-18-17(20)14-8-3-4-9-16(14)21-2/h3-10,15,19H,11H2,1-2H3,(H,18,20). The molecule has 2 rings (SSSR count). The molecule has 0 aliphatic carbocycles. The van der Waals surface area contributed by atoms with E-state index in [0.29, 0.717) is 11.3 Å². The van der Waals surface area contributed by atoms with Gasteiger partial charge in [-0.3, -0.25) is 4.79 Å². The van der Waals surface area contributed by atoms with Gasteiger partial charge in [0.25, 0.3) is 5.91 Å². The van der Waals surface area contributed by atoms with Crippen molar-refractivity contribution in [3.63, 3.8) is 0 Å². The molecule has 0 radical (unpaired) electrons. The van der Waals surface area contributed by atoms with Crippen molar-refractivity contribution >= 4 is 5.91 Å². The number of rotatable bonds is 5. The van der Waals surface area contributed by atoms with E-state index in [-0.39, 0.29) is 12.5 Å². The van der Waals surface area contributed by atoms with E-state index in [1.807, 2.05) is 31.2 Å². The second-order valence-electron chi connectivity index (χ2n) is 4.84. The van der Waals surface area contributed by atoms with E-state index in [4.69, 9.17) is 4.74 Å². The fourth-order valence-corrected chi connectivity index (χ4v) is 2.11. The van der Waals surface area contributed by atoms with Crippen LogP contribution in [0.5, 0.6) is 5.75 Å².